The average Bonchev–Trinajstić information content (AvgIpc) is 3.18. The molecule has 8 heteroatoms. The largest absolute Gasteiger partial charge is 0.350 e. The minimum atomic E-state index is -0.143. The highest BCUT2D eigenvalue weighted by atomic mass is 35.5. The van der Waals surface area contributed by atoms with Gasteiger partial charge in [-0.2, -0.15) is 0 Å². The summed E-state index contributed by atoms with van der Waals surface area (Å²) in [4.78, 5) is 25.9. The number of fused-ring (bicyclic) bond motifs is 1. The molecule has 34 heavy (non-hydrogen) atoms. The molecule has 0 aliphatic carbocycles. The SMILES string of the molecule is Cc1ccc(NC(=O)CSc2cn(CCNC(=O)c3ccc(Cl)cc3)c3ccccc23)cc1Cl. The molecule has 0 radical (unpaired) electrons. The Morgan fingerprint density at radius 3 is 2.53 bits per heavy atom. The highest BCUT2D eigenvalue weighted by Crippen LogP contribution is 2.30. The van der Waals surface area contributed by atoms with Gasteiger partial charge >= 0.3 is 0 Å². The van der Waals surface area contributed by atoms with E-state index in [1.54, 1.807) is 30.3 Å². The van der Waals surface area contributed by atoms with E-state index in [1.807, 2.05) is 49.5 Å². The van der Waals surface area contributed by atoms with Crippen molar-refractivity contribution in [3.63, 3.8) is 0 Å². The molecule has 4 rings (SSSR count). The zero-order valence-electron chi connectivity index (χ0n) is 18.5. The normalized spacial score (nSPS) is 10.9. The van der Waals surface area contributed by atoms with Crippen LogP contribution in [0.2, 0.25) is 10.0 Å². The van der Waals surface area contributed by atoms with Gasteiger partial charge in [-0.15, -0.1) is 11.8 Å². The number of benzene rings is 3. The number of thioether (sulfide) groups is 1. The molecule has 0 bridgehead atoms. The fourth-order valence-electron chi connectivity index (χ4n) is 3.52. The molecule has 4 aromatic rings. The van der Waals surface area contributed by atoms with Crippen molar-refractivity contribution in [2.75, 3.05) is 17.6 Å². The van der Waals surface area contributed by atoms with Crippen LogP contribution in [0, 0.1) is 6.92 Å². The zero-order valence-corrected chi connectivity index (χ0v) is 20.8. The van der Waals surface area contributed by atoms with Crippen LogP contribution in [0.5, 0.6) is 0 Å². The molecule has 1 aromatic heterocycles. The van der Waals surface area contributed by atoms with Gasteiger partial charge < -0.3 is 15.2 Å². The lowest BCUT2D eigenvalue weighted by atomic mass is 10.2. The standard InChI is InChI=1S/C26H23Cl2N3O2S/c1-17-6-11-20(14-22(17)28)30-25(32)16-34-24-15-31(23-5-3-2-4-21(23)24)13-12-29-26(33)18-7-9-19(27)10-8-18/h2-11,14-15H,12-13,16H2,1H3,(H,29,33)(H,30,32). The number of carbonyl (C=O) groups is 2. The van der Waals surface area contributed by atoms with Crippen molar-refractivity contribution in [3.05, 3.63) is 94.1 Å². The second-order valence-electron chi connectivity index (χ2n) is 7.77. The highest BCUT2D eigenvalue weighted by molar-refractivity contribution is 8.00. The summed E-state index contributed by atoms with van der Waals surface area (Å²) < 4.78 is 2.09. The lowest BCUT2D eigenvalue weighted by Crippen LogP contribution is -2.27. The van der Waals surface area contributed by atoms with Gasteiger partial charge in [0, 0.05) is 56.4 Å². The van der Waals surface area contributed by atoms with Crippen molar-refractivity contribution in [1.82, 2.24) is 9.88 Å². The minimum Gasteiger partial charge on any atom is -0.350 e. The lowest BCUT2D eigenvalue weighted by Gasteiger charge is -2.08. The zero-order chi connectivity index (χ0) is 24.1. The molecule has 0 aliphatic heterocycles. The van der Waals surface area contributed by atoms with E-state index in [-0.39, 0.29) is 17.6 Å². The van der Waals surface area contributed by atoms with Crippen LogP contribution >= 0.6 is 35.0 Å². The number of amides is 2. The molecular formula is C26H23Cl2N3O2S. The van der Waals surface area contributed by atoms with Crippen LogP contribution in [0.25, 0.3) is 10.9 Å². The Bertz CT molecular complexity index is 1340. The molecule has 174 valence electrons. The number of anilines is 1. The van der Waals surface area contributed by atoms with Gasteiger partial charge in [-0.3, -0.25) is 9.59 Å². The summed E-state index contributed by atoms with van der Waals surface area (Å²) in [6.07, 6.45) is 2.03. The molecule has 0 unspecified atom stereocenters. The van der Waals surface area contributed by atoms with Crippen LogP contribution in [-0.2, 0) is 11.3 Å². The topological polar surface area (TPSA) is 63.1 Å². The number of para-hydroxylation sites is 1. The summed E-state index contributed by atoms with van der Waals surface area (Å²) in [6.45, 7) is 3.00. The minimum absolute atomic E-state index is 0.100. The number of aryl methyl sites for hydroxylation is 1. The van der Waals surface area contributed by atoms with E-state index in [4.69, 9.17) is 23.2 Å². The van der Waals surface area contributed by atoms with E-state index in [0.29, 0.717) is 34.4 Å². The van der Waals surface area contributed by atoms with Crippen LogP contribution < -0.4 is 10.6 Å². The number of nitrogens with zero attached hydrogens (tertiary/aromatic N) is 1. The van der Waals surface area contributed by atoms with E-state index in [9.17, 15) is 9.59 Å². The number of aromatic nitrogens is 1. The van der Waals surface area contributed by atoms with E-state index >= 15 is 0 Å². The van der Waals surface area contributed by atoms with Gasteiger partial charge in [0.25, 0.3) is 5.91 Å². The van der Waals surface area contributed by atoms with Gasteiger partial charge in [0.1, 0.15) is 0 Å². The molecular weight excluding hydrogens is 489 g/mol. The molecule has 0 fully saturated rings. The first kappa shape index (κ1) is 24.2. The predicted octanol–water partition coefficient (Wildman–Crippen LogP) is 6.42. The maximum atomic E-state index is 12.5. The highest BCUT2D eigenvalue weighted by Gasteiger charge is 2.12. The third kappa shape index (κ3) is 5.95. The smallest absolute Gasteiger partial charge is 0.251 e. The number of halogens is 2. The van der Waals surface area contributed by atoms with Crippen LogP contribution in [0.1, 0.15) is 15.9 Å². The van der Waals surface area contributed by atoms with Crippen molar-refractivity contribution in [2.24, 2.45) is 0 Å². The second-order valence-corrected chi connectivity index (χ2v) is 9.63. The van der Waals surface area contributed by atoms with Crippen molar-refractivity contribution in [2.45, 2.75) is 18.4 Å². The van der Waals surface area contributed by atoms with Gasteiger partial charge in [0.15, 0.2) is 0 Å². The Balaban J connectivity index is 1.38. The Morgan fingerprint density at radius 2 is 1.76 bits per heavy atom. The molecule has 0 atom stereocenters. The summed E-state index contributed by atoms with van der Waals surface area (Å²) in [6, 6.07) is 20.3. The molecule has 2 amide bonds. The van der Waals surface area contributed by atoms with Gasteiger partial charge in [-0.05, 0) is 55.0 Å². The summed E-state index contributed by atoms with van der Waals surface area (Å²) in [5.74, 6) is 0.0277. The number of hydrogen-bond acceptors (Lipinski definition) is 3. The summed E-state index contributed by atoms with van der Waals surface area (Å²) in [7, 11) is 0. The maximum absolute atomic E-state index is 12.5. The number of rotatable bonds is 8. The first-order chi connectivity index (χ1) is 16.4. The van der Waals surface area contributed by atoms with E-state index in [2.05, 4.69) is 15.2 Å². The van der Waals surface area contributed by atoms with E-state index in [0.717, 1.165) is 21.4 Å². The Morgan fingerprint density at radius 1 is 1.00 bits per heavy atom. The first-order valence-electron chi connectivity index (χ1n) is 10.7. The molecule has 0 spiro atoms. The molecule has 3 aromatic carbocycles. The lowest BCUT2D eigenvalue weighted by molar-refractivity contribution is -0.113. The van der Waals surface area contributed by atoms with Gasteiger partial charge in [-0.25, -0.2) is 0 Å². The third-order valence-electron chi connectivity index (χ3n) is 5.31. The van der Waals surface area contributed by atoms with Gasteiger partial charge in [0.2, 0.25) is 5.91 Å². The van der Waals surface area contributed by atoms with E-state index in [1.165, 1.54) is 11.8 Å². The van der Waals surface area contributed by atoms with Gasteiger partial charge in [0.05, 0.1) is 5.75 Å². The molecule has 0 aliphatic rings. The molecule has 1 heterocycles. The van der Waals surface area contributed by atoms with Gasteiger partial charge in [-0.1, -0.05) is 47.5 Å². The maximum Gasteiger partial charge on any atom is 0.251 e. The fourth-order valence-corrected chi connectivity index (χ4v) is 4.71. The monoisotopic (exact) mass is 511 g/mol. The Labute approximate surface area is 212 Å². The van der Waals surface area contributed by atoms with Crippen molar-refractivity contribution in [3.8, 4) is 0 Å². The average molecular weight is 512 g/mol. The van der Waals surface area contributed by atoms with Crippen LogP contribution in [-0.4, -0.2) is 28.7 Å². The number of nitrogens with one attached hydrogen (secondary N) is 2. The predicted molar refractivity (Wildman–Crippen MR) is 141 cm³/mol. The molecule has 2 N–H and O–H groups in total. The fraction of sp³-hybridized carbons (Fsp3) is 0.154. The Kier molecular flexibility index (Phi) is 7.83. The van der Waals surface area contributed by atoms with Crippen LogP contribution in [0.4, 0.5) is 5.69 Å². The quantitative estimate of drug-likeness (QED) is 0.268. The number of carbonyl (C=O) groups excluding carboxylic acids is 2. The molecule has 5 nitrogen and oxygen atoms in total. The molecule has 0 saturated carbocycles. The molecule has 0 saturated heterocycles. The van der Waals surface area contributed by atoms with E-state index < -0.39 is 0 Å². The number of hydrogen-bond donors (Lipinski definition) is 2. The summed E-state index contributed by atoms with van der Waals surface area (Å²) in [5.41, 5.74) is 3.27. The van der Waals surface area contributed by atoms with Crippen molar-refractivity contribution in [1.29, 1.82) is 0 Å². The van der Waals surface area contributed by atoms with Crippen LogP contribution in [0.3, 0.4) is 0 Å². The van der Waals surface area contributed by atoms with Crippen molar-refractivity contribution >= 4 is 63.4 Å². The third-order valence-corrected chi connectivity index (χ3v) is 7.01. The summed E-state index contributed by atoms with van der Waals surface area (Å²) >= 11 is 13.5. The Hall–Kier alpha value is -2.93. The first-order valence-corrected chi connectivity index (χ1v) is 12.5. The second kappa shape index (κ2) is 11.0. The van der Waals surface area contributed by atoms with Crippen molar-refractivity contribution < 1.29 is 9.59 Å². The summed E-state index contributed by atoms with van der Waals surface area (Å²) in [5, 5.41) is 8.12. The van der Waals surface area contributed by atoms with Crippen LogP contribution in [0.15, 0.2) is 77.8 Å².